The molecule has 1 aromatic carbocycles. The second kappa shape index (κ2) is 8.33. The van der Waals surface area contributed by atoms with E-state index in [1.807, 2.05) is 13.0 Å². The molecule has 4 atom stereocenters. The van der Waals surface area contributed by atoms with Gasteiger partial charge in [0.1, 0.15) is 0 Å². The van der Waals surface area contributed by atoms with Gasteiger partial charge in [0.15, 0.2) is 0 Å². The molecule has 6 nitrogen and oxygen atoms in total. The number of nitrogens with two attached hydrogens (primary N) is 5. The minimum Gasteiger partial charge on any atom is -0.399 e. The standard InChI is InChI=1S/C15H27N5.CH5N/c1-9-7-11(3-4-12(9)18)20-14(10(2)17)5-6-15(20)13(19)8-16;1-2/h3-4,7,10,13-15H,5-6,8,16-19H2,1-2H3;2H2,1H3. The summed E-state index contributed by atoms with van der Waals surface area (Å²) in [4.78, 5) is 2.36. The van der Waals surface area contributed by atoms with Crippen LogP contribution in [-0.4, -0.2) is 37.8 Å². The van der Waals surface area contributed by atoms with Gasteiger partial charge in [-0.3, -0.25) is 0 Å². The number of benzene rings is 1. The molecule has 0 aliphatic carbocycles. The molecule has 1 fully saturated rings. The van der Waals surface area contributed by atoms with Gasteiger partial charge in [-0.05, 0) is 57.5 Å². The molecular weight excluding hydrogens is 276 g/mol. The molecule has 1 aliphatic rings. The molecule has 126 valence electrons. The lowest BCUT2D eigenvalue weighted by Crippen LogP contribution is -2.53. The first-order chi connectivity index (χ1) is 10.5. The lowest BCUT2D eigenvalue weighted by Gasteiger charge is -2.37. The number of hydrogen-bond acceptors (Lipinski definition) is 6. The van der Waals surface area contributed by atoms with Crippen LogP contribution in [0.1, 0.15) is 25.3 Å². The summed E-state index contributed by atoms with van der Waals surface area (Å²) in [6, 6.07) is 6.75. The number of aryl methyl sites for hydroxylation is 1. The molecule has 1 aliphatic heterocycles. The van der Waals surface area contributed by atoms with E-state index in [0.717, 1.165) is 29.8 Å². The van der Waals surface area contributed by atoms with Crippen molar-refractivity contribution in [3.63, 3.8) is 0 Å². The van der Waals surface area contributed by atoms with Crippen molar-refractivity contribution >= 4 is 11.4 Å². The van der Waals surface area contributed by atoms with E-state index in [-0.39, 0.29) is 18.1 Å². The van der Waals surface area contributed by atoms with Gasteiger partial charge < -0.3 is 33.6 Å². The smallest absolute Gasteiger partial charge is 0.0458 e. The van der Waals surface area contributed by atoms with E-state index in [1.54, 1.807) is 0 Å². The third kappa shape index (κ3) is 3.89. The SMILES string of the molecule is CN.Cc1cc(N2C(C(C)N)CCC2C(N)CN)ccc1N. The lowest BCUT2D eigenvalue weighted by molar-refractivity contribution is 0.499. The Balaban J connectivity index is 0.00000116. The van der Waals surface area contributed by atoms with Crippen LogP contribution in [0.4, 0.5) is 11.4 Å². The molecule has 22 heavy (non-hydrogen) atoms. The monoisotopic (exact) mass is 308 g/mol. The zero-order chi connectivity index (χ0) is 16.9. The third-order valence-corrected chi connectivity index (χ3v) is 4.40. The maximum absolute atomic E-state index is 6.20. The van der Waals surface area contributed by atoms with Crippen molar-refractivity contribution in [1.29, 1.82) is 0 Å². The zero-order valence-electron chi connectivity index (χ0n) is 14.0. The van der Waals surface area contributed by atoms with Crippen molar-refractivity contribution in [2.45, 2.75) is 50.9 Å². The second-order valence-corrected chi connectivity index (χ2v) is 5.92. The first kappa shape index (κ1) is 18.7. The molecule has 4 unspecified atom stereocenters. The molecule has 0 radical (unpaired) electrons. The van der Waals surface area contributed by atoms with E-state index < -0.39 is 0 Å². The molecule has 0 saturated carbocycles. The Labute approximate surface area is 134 Å². The summed E-state index contributed by atoms with van der Waals surface area (Å²) in [5.41, 5.74) is 31.6. The fraction of sp³-hybridized carbons (Fsp3) is 0.625. The lowest BCUT2D eigenvalue weighted by atomic mass is 10.1. The molecule has 10 N–H and O–H groups in total. The largest absolute Gasteiger partial charge is 0.399 e. The molecular formula is C16H32N6. The predicted octanol–water partition coefficient (Wildman–Crippen LogP) is 0.123. The highest BCUT2D eigenvalue weighted by Crippen LogP contribution is 2.34. The Bertz CT molecular complexity index is 462. The van der Waals surface area contributed by atoms with Gasteiger partial charge in [-0.25, -0.2) is 0 Å². The predicted molar refractivity (Wildman–Crippen MR) is 95.7 cm³/mol. The Morgan fingerprint density at radius 2 is 1.77 bits per heavy atom. The normalized spacial score (nSPS) is 23.7. The molecule has 1 heterocycles. The van der Waals surface area contributed by atoms with E-state index in [2.05, 4.69) is 29.7 Å². The minimum absolute atomic E-state index is 0.0309. The van der Waals surface area contributed by atoms with Crippen LogP contribution in [0.2, 0.25) is 0 Å². The van der Waals surface area contributed by atoms with E-state index >= 15 is 0 Å². The molecule has 0 aromatic heterocycles. The quantitative estimate of drug-likeness (QED) is 0.502. The molecule has 1 aromatic rings. The summed E-state index contributed by atoms with van der Waals surface area (Å²) < 4.78 is 0. The van der Waals surface area contributed by atoms with Crippen LogP contribution in [-0.2, 0) is 0 Å². The Hall–Kier alpha value is -1.34. The van der Waals surface area contributed by atoms with Crippen LogP contribution in [0.5, 0.6) is 0 Å². The van der Waals surface area contributed by atoms with Gasteiger partial charge in [0.25, 0.3) is 0 Å². The van der Waals surface area contributed by atoms with Gasteiger partial charge in [-0.2, -0.15) is 0 Å². The summed E-state index contributed by atoms with van der Waals surface area (Å²) >= 11 is 0. The maximum atomic E-state index is 6.20. The molecule has 0 spiro atoms. The molecule has 1 saturated heterocycles. The van der Waals surface area contributed by atoms with E-state index in [1.165, 1.54) is 7.05 Å². The Morgan fingerprint density at radius 3 is 2.27 bits per heavy atom. The van der Waals surface area contributed by atoms with Crippen molar-refractivity contribution in [1.82, 2.24) is 0 Å². The van der Waals surface area contributed by atoms with Crippen molar-refractivity contribution in [2.75, 3.05) is 24.2 Å². The van der Waals surface area contributed by atoms with Crippen LogP contribution >= 0.6 is 0 Å². The summed E-state index contributed by atoms with van der Waals surface area (Å²) in [5.74, 6) is 0. The van der Waals surface area contributed by atoms with Crippen LogP contribution in [0, 0.1) is 6.92 Å². The van der Waals surface area contributed by atoms with Crippen LogP contribution in [0.3, 0.4) is 0 Å². The first-order valence-electron chi connectivity index (χ1n) is 7.89. The number of nitrogen functional groups attached to an aromatic ring is 1. The van der Waals surface area contributed by atoms with Crippen LogP contribution < -0.4 is 33.6 Å². The van der Waals surface area contributed by atoms with Gasteiger partial charge in [-0.1, -0.05) is 0 Å². The molecule has 2 rings (SSSR count). The fourth-order valence-electron chi connectivity index (χ4n) is 3.16. The molecule has 0 amide bonds. The fourth-order valence-corrected chi connectivity index (χ4v) is 3.16. The first-order valence-corrected chi connectivity index (χ1v) is 7.89. The summed E-state index contributed by atoms with van der Waals surface area (Å²) in [6.07, 6.45) is 2.09. The van der Waals surface area contributed by atoms with Crippen molar-refractivity contribution in [3.05, 3.63) is 23.8 Å². The average molecular weight is 308 g/mol. The third-order valence-electron chi connectivity index (χ3n) is 4.40. The van der Waals surface area contributed by atoms with Gasteiger partial charge in [0.2, 0.25) is 0 Å². The van der Waals surface area contributed by atoms with E-state index in [0.29, 0.717) is 12.6 Å². The van der Waals surface area contributed by atoms with Gasteiger partial charge in [0.05, 0.1) is 0 Å². The minimum atomic E-state index is -0.0309. The Kier molecular flexibility index (Phi) is 7.09. The molecule has 6 heteroatoms. The second-order valence-electron chi connectivity index (χ2n) is 5.92. The van der Waals surface area contributed by atoms with Gasteiger partial charge in [-0.15, -0.1) is 0 Å². The highest BCUT2D eigenvalue weighted by molar-refractivity contribution is 5.60. The number of nitrogens with zero attached hydrogens (tertiary/aromatic N) is 1. The van der Waals surface area contributed by atoms with Crippen LogP contribution in [0.15, 0.2) is 18.2 Å². The number of anilines is 2. The summed E-state index contributed by atoms with van der Waals surface area (Å²) in [5, 5.41) is 0. The summed E-state index contributed by atoms with van der Waals surface area (Å²) in [7, 11) is 1.50. The van der Waals surface area contributed by atoms with Crippen LogP contribution in [0.25, 0.3) is 0 Å². The van der Waals surface area contributed by atoms with Crippen molar-refractivity contribution < 1.29 is 0 Å². The number of hydrogen-bond donors (Lipinski definition) is 5. The molecule has 0 bridgehead atoms. The maximum Gasteiger partial charge on any atom is 0.0458 e. The van der Waals surface area contributed by atoms with Crippen molar-refractivity contribution in [2.24, 2.45) is 22.9 Å². The number of rotatable bonds is 4. The summed E-state index contributed by atoms with van der Waals surface area (Å²) in [6.45, 7) is 4.56. The Morgan fingerprint density at radius 1 is 1.18 bits per heavy atom. The van der Waals surface area contributed by atoms with Crippen molar-refractivity contribution in [3.8, 4) is 0 Å². The highest BCUT2D eigenvalue weighted by Gasteiger charge is 2.38. The topological polar surface area (TPSA) is 133 Å². The highest BCUT2D eigenvalue weighted by atomic mass is 15.2. The van der Waals surface area contributed by atoms with Gasteiger partial charge >= 0.3 is 0 Å². The van der Waals surface area contributed by atoms with Gasteiger partial charge in [0, 0.05) is 42.1 Å². The van der Waals surface area contributed by atoms with E-state index in [9.17, 15) is 0 Å². The zero-order valence-corrected chi connectivity index (χ0v) is 14.0. The van der Waals surface area contributed by atoms with E-state index in [4.69, 9.17) is 22.9 Å². The average Bonchev–Trinajstić information content (AvgIpc) is 2.96.